The number of rotatable bonds is 4. The molecule has 9 heteroatoms. The number of hydrogen-bond donors (Lipinski definition) is 4. The van der Waals surface area contributed by atoms with Crippen molar-refractivity contribution in [1.29, 1.82) is 0 Å². The molecule has 1 fully saturated rings. The fourth-order valence-electron chi connectivity index (χ4n) is 2.20. The molecule has 1 rings (SSSR count). The molecule has 0 aromatic heterocycles. The number of quaternary nitrogens is 1. The summed E-state index contributed by atoms with van der Waals surface area (Å²) in [6.45, 7) is 7.17. The molecular weight excluding hydrogens is 272 g/mol. The van der Waals surface area contributed by atoms with Gasteiger partial charge in [-0.15, -0.1) is 0 Å². The van der Waals surface area contributed by atoms with Crippen LogP contribution in [0.15, 0.2) is 0 Å². The van der Waals surface area contributed by atoms with E-state index in [0.717, 1.165) is 18.9 Å². The highest BCUT2D eigenvalue weighted by Gasteiger charge is 2.18. The average Bonchev–Trinajstić information content (AvgIpc) is 2.22. The molecule has 0 bridgehead atoms. The first-order valence-corrected chi connectivity index (χ1v) is 7.64. The minimum absolute atomic E-state index is 0.340. The zero-order chi connectivity index (χ0) is 14.9. The predicted octanol–water partition coefficient (Wildman–Crippen LogP) is -4.29. The summed E-state index contributed by atoms with van der Waals surface area (Å²) in [6, 6.07) is 0. The number of nitrogens with two attached hydrogens (primary N) is 2. The first-order chi connectivity index (χ1) is 8.68. The summed E-state index contributed by atoms with van der Waals surface area (Å²) in [6.07, 6.45) is 3.94. The lowest BCUT2D eigenvalue weighted by molar-refractivity contribution is -0.909. The van der Waals surface area contributed by atoms with Gasteiger partial charge >= 0.3 is 5.96 Å². The molecule has 0 aliphatic carbocycles. The number of likely N-dealkylation sites (tertiary alicyclic amines) is 1. The van der Waals surface area contributed by atoms with Crippen LogP contribution in [0.3, 0.4) is 0 Å². The van der Waals surface area contributed by atoms with E-state index in [1.807, 2.05) is 0 Å². The van der Waals surface area contributed by atoms with Gasteiger partial charge in [-0.2, -0.15) is 0 Å². The lowest BCUT2D eigenvalue weighted by Gasteiger charge is -2.27. The topological polar surface area (TPSA) is 151 Å². The highest BCUT2D eigenvalue weighted by molar-refractivity contribution is 7.79. The van der Waals surface area contributed by atoms with Crippen LogP contribution in [0.2, 0.25) is 0 Å². The van der Waals surface area contributed by atoms with Crippen LogP contribution >= 0.6 is 0 Å². The highest BCUT2D eigenvalue weighted by Crippen LogP contribution is 2.04. The van der Waals surface area contributed by atoms with Crippen LogP contribution in [-0.2, 0) is 10.4 Å². The van der Waals surface area contributed by atoms with Crippen LogP contribution in [-0.4, -0.2) is 49.7 Å². The van der Waals surface area contributed by atoms with Gasteiger partial charge in [0.05, 0.1) is 26.2 Å². The maximum absolute atomic E-state index is 8.52. The molecule has 6 N–H and O–H groups in total. The van der Waals surface area contributed by atoms with Gasteiger partial charge < -0.3 is 14.0 Å². The summed E-state index contributed by atoms with van der Waals surface area (Å²) in [4.78, 5) is 4.69. The Hall–Kier alpha value is -0.900. The zero-order valence-corrected chi connectivity index (χ0v) is 12.0. The van der Waals surface area contributed by atoms with Crippen molar-refractivity contribution in [3.05, 3.63) is 0 Å². The van der Waals surface area contributed by atoms with Gasteiger partial charge in [0.25, 0.3) is 0 Å². The second-order valence-corrected chi connectivity index (χ2v) is 5.66. The smallest absolute Gasteiger partial charge is 0.338 e. The summed E-state index contributed by atoms with van der Waals surface area (Å²) in [5, 5.41) is 0. The van der Waals surface area contributed by atoms with Crippen molar-refractivity contribution in [1.82, 2.24) is 0 Å². The third-order valence-electron chi connectivity index (χ3n) is 2.90. The van der Waals surface area contributed by atoms with E-state index in [-0.39, 0.29) is 0 Å². The normalized spacial score (nSPS) is 23.1. The standard InChI is InChI=1S/C10H22N4.H2O4S/c1-9-4-2-6-14(8-9)7-3-5-13-10(11)12;1-5(2,3)4/h9H,2-8H2,1H3,(H4,11,12,13);(H2,1,2,3,4). The van der Waals surface area contributed by atoms with Gasteiger partial charge in [-0.25, -0.2) is 0 Å². The molecule has 0 aromatic rings. The van der Waals surface area contributed by atoms with Crippen molar-refractivity contribution >= 4 is 16.4 Å². The SMILES string of the molecule is CC1CCC[NH+](CCC[NH+]=C(N)N)C1.O=S(=O)([O-])[O-]. The highest BCUT2D eigenvalue weighted by atomic mass is 32.3. The molecule has 0 radical (unpaired) electrons. The van der Waals surface area contributed by atoms with Gasteiger partial charge in [0, 0.05) is 22.7 Å². The molecular formula is C10H24N4O4S. The quantitative estimate of drug-likeness (QED) is 0.135. The molecule has 8 nitrogen and oxygen atoms in total. The Labute approximate surface area is 114 Å². The molecule has 2 unspecified atom stereocenters. The number of hydrogen-bond acceptors (Lipinski definition) is 4. The Morgan fingerprint density at radius 3 is 2.47 bits per heavy atom. The fraction of sp³-hybridized carbons (Fsp3) is 0.900. The minimum atomic E-state index is -5.17. The largest absolute Gasteiger partial charge is 0.759 e. The second kappa shape index (κ2) is 9.08. The van der Waals surface area contributed by atoms with E-state index in [2.05, 4.69) is 11.9 Å². The van der Waals surface area contributed by atoms with E-state index >= 15 is 0 Å². The summed E-state index contributed by atoms with van der Waals surface area (Å²) in [5.74, 6) is 1.24. The fourth-order valence-corrected chi connectivity index (χ4v) is 2.20. The molecule has 0 aromatic carbocycles. The molecule has 114 valence electrons. The van der Waals surface area contributed by atoms with Crippen LogP contribution < -0.4 is 21.4 Å². The molecule has 0 saturated carbocycles. The maximum Gasteiger partial charge on any atom is 0.338 e. The molecule has 0 spiro atoms. The van der Waals surface area contributed by atoms with Crippen molar-refractivity contribution in [3.63, 3.8) is 0 Å². The Bertz CT molecular complexity index is 360. The van der Waals surface area contributed by atoms with Gasteiger partial charge in [-0.3, -0.25) is 24.9 Å². The first kappa shape index (κ1) is 18.1. The third kappa shape index (κ3) is 15.0. The number of guanidine groups is 1. The van der Waals surface area contributed by atoms with Crippen molar-refractivity contribution in [2.24, 2.45) is 17.4 Å². The van der Waals surface area contributed by atoms with E-state index in [0.29, 0.717) is 5.96 Å². The lowest BCUT2D eigenvalue weighted by Crippen LogP contribution is -3.13. The number of nitrogens with one attached hydrogen (secondary N) is 2. The summed E-state index contributed by atoms with van der Waals surface area (Å²) in [7, 11) is -5.17. The van der Waals surface area contributed by atoms with Crippen molar-refractivity contribution in [3.8, 4) is 0 Å². The van der Waals surface area contributed by atoms with Crippen molar-refractivity contribution < 1.29 is 27.4 Å². The Morgan fingerprint density at radius 2 is 2.00 bits per heavy atom. The Morgan fingerprint density at radius 1 is 1.42 bits per heavy atom. The summed E-state index contributed by atoms with van der Waals surface area (Å²) >= 11 is 0. The monoisotopic (exact) mass is 296 g/mol. The average molecular weight is 296 g/mol. The van der Waals surface area contributed by atoms with E-state index < -0.39 is 10.4 Å². The minimum Gasteiger partial charge on any atom is -0.759 e. The van der Waals surface area contributed by atoms with E-state index in [9.17, 15) is 0 Å². The molecule has 1 aliphatic heterocycles. The van der Waals surface area contributed by atoms with Crippen LogP contribution in [0, 0.1) is 5.92 Å². The Balaban J connectivity index is 0.000000555. The lowest BCUT2D eigenvalue weighted by atomic mass is 10.0. The first-order valence-electron chi connectivity index (χ1n) is 6.30. The predicted molar refractivity (Wildman–Crippen MR) is 68.3 cm³/mol. The second-order valence-electron chi connectivity index (χ2n) is 4.85. The van der Waals surface area contributed by atoms with E-state index in [1.54, 1.807) is 4.90 Å². The van der Waals surface area contributed by atoms with Gasteiger partial charge in [0.1, 0.15) is 0 Å². The van der Waals surface area contributed by atoms with Crippen molar-refractivity contribution in [2.45, 2.75) is 26.2 Å². The van der Waals surface area contributed by atoms with Crippen molar-refractivity contribution in [2.75, 3.05) is 26.2 Å². The molecule has 1 saturated heterocycles. The molecule has 1 heterocycles. The molecule has 19 heavy (non-hydrogen) atoms. The van der Waals surface area contributed by atoms with E-state index in [1.165, 1.54) is 32.5 Å². The summed E-state index contributed by atoms with van der Waals surface area (Å²) < 4.78 is 34.1. The number of piperidine rings is 1. The van der Waals surface area contributed by atoms with Gasteiger partial charge in [-0.05, 0) is 12.8 Å². The van der Waals surface area contributed by atoms with E-state index in [4.69, 9.17) is 29.0 Å². The maximum atomic E-state index is 8.52. The summed E-state index contributed by atoms with van der Waals surface area (Å²) in [5.41, 5.74) is 10.6. The van der Waals surface area contributed by atoms with Crippen LogP contribution in [0.25, 0.3) is 0 Å². The Kier molecular flexibility index (Phi) is 8.65. The molecule has 2 atom stereocenters. The van der Waals surface area contributed by atoms with Crippen LogP contribution in [0.5, 0.6) is 0 Å². The zero-order valence-electron chi connectivity index (χ0n) is 11.2. The van der Waals surface area contributed by atoms with Gasteiger partial charge in [-0.1, -0.05) is 6.92 Å². The third-order valence-corrected chi connectivity index (χ3v) is 2.90. The van der Waals surface area contributed by atoms with Crippen LogP contribution in [0.4, 0.5) is 0 Å². The van der Waals surface area contributed by atoms with Gasteiger partial charge in [0.2, 0.25) is 0 Å². The van der Waals surface area contributed by atoms with Crippen LogP contribution in [0.1, 0.15) is 26.2 Å². The van der Waals surface area contributed by atoms with Gasteiger partial charge in [0.15, 0.2) is 0 Å². The molecule has 1 aliphatic rings. The molecule has 0 amide bonds.